The molecule has 2 aromatic carbocycles. The minimum absolute atomic E-state index is 0.118. The van der Waals surface area contributed by atoms with E-state index in [4.69, 9.17) is 4.74 Å². The average Bonchev–Trinajstić information content (AvgIpc) is 2.52. The zero-order chi connectivity index (χ0) is 18.7. The Morgan fingerprint density at radius 1 is 1.16 bits per heavy atom. The van der Waals surface area contributed by atoms with E-state index in [1.165, 1.54) is 19.1 Å². The Kier molecular flexibility index (Phi) is 5.41. The second-order valence-electron chi connectivity index (χ2n) is 5.47. The molecular weight excluding hydrogens is 339 g/mol. The van der Waals surface area contributed by atoms with Gasteiger partial charge in [-0.2, -0.15) is 0 Å². The highest BCUT2D eigenvalue weighted by molar-refractivity contribution is 5.73. The van der Waals surface area contributed by atoms with Crippen LogP contribution in [-0.2, 0) is 16.0 Å². The molecule has 5 nitrogen and oxygen atoms in total. The molecule has 0 bridgehead atoms. The fourth-order valence-corrected chi connectivity index (χ4v) is 2.24. The zero-order valence-corrected chi connectivity index (χ0v) is 13.4. The number of hydrogen-bond acceptors (Lipinski definition) is 4. The van der Waals surface area contributed by atoms with Crippen LogP contribution in [0.15, 0.2) is 30.3 Å². The number of benzene rings is 2. The quantitative estimate of drug-likeness (QED) is 0.350. The molecule has 0 spiro atoms. The first-order chi connectivity index (χ1) is 11.7. The number of aryl methyl sites for hydroxylation is 1. The van der Waals surface area contributed by atoms with Gasteiger partial charge in [-0.05, 0) is 25.5 Å². The van der Waals surface area contributed by atoms with E-state index in [0.717, 1.165) is 0 Å². The number of esters is 1. The first kappa shape index (κ1) is 18.4. The van der Waals surface area contributed by atoms with Crippen LogP contribution in [0.25, 0.3) is 0 Å². The molecule has 0 fully saturated rings. The van der Waals surface area contributed by atoms with Crippen LogP contribution in [0.1, 0.15) is 29.7 Å². The molecule has 0 aliphatic carbocycles. The van der Waals surface area contributed by atoms with Crippen LogP contribution in [0.4, 0.5) is 18.9 Å². The molecule has 0 radical (unpaired) electrons. The van der Waals surface area contributed by atoms with Gasteiger partial charge in [0.25, 0.3) is 5.69 Å². The van der Waals surface area contributed by atoms with Crippen molar-refractivity contribution in [2.75, 3.05) is 0 Å². The molecule has 8 heteroatoms. The molecule has 2 aromatic rings. The van der Waals surface area contributed by atoms with Crippen molar-refractivity contribution in [2.24, 2.45) is 0 Å². The first-order valence-corrected chi connectivity index (χ1v) is 7.27. The second kappa shape index (κ2) is 7.33. The minimum atomic E-state index is -1.35. The van der Waals surface area contributed by atoms with E-state index >= 15 is 0 Å². The lowest BCUT2D eigenvalue weighted by Crippen LogP contribution is -2.13. The summed E-state index contributed by atoms with van der Waals surface area (Å²) in [6.07, 6.45) is -1.43. The summed E-state index contributed by atoms with van der Waals surface area (Å²) in [7, 11) is 0. The fraction of sp³-hybridized carbons (Fsp3) is 0.235. The Balaban J connectivity index is 2.12. The molecule has 0 amide bonds. The van der Waals surface area contributed by atoms with E-state index in [-0.39, 0.29) is 11.3 Å². The van der Waals surface area contributed by atoms with Gasteiger partial charge in [-0.15, -0.1) is 0 Å². The van der Waals surface area contributed by atoms with E-state index < -0.39 is 40.9 Å². The van der Waals surface area contributed by atoms with Gasteiger partial charge in [0.15, 0.2) is 11.6 Å². The summed E-state index contributed by atoms with van der Waals surface area (Å²) in [6.45, 7) is 3.07. The monoisotopic (exact) mass is 353 g/mol. The van der Waals surface area contributed by atoms with E-state index in [2.05, 4.69) is 0 Å². The molecule has 0 saturated carbocycles. The minimum Gasteiger partial charge on any atom is -0.458 e. The van der Waals surface area contributed by atoms with Gasteiger partial charge in [-0.1, -0.05) is 12.1 Å². The first-order valence-electron chi connectivity index (χ1n) is 7.27. The maximum absolute atomic E-state index is 13.5. The average molecular weight is 353 g/mol. The second-order valence-corrected chi connectivity index (χ2v) is 5.47. The number of halogens is 3. The Labute approximate surface area is 141 Å². The lowest BCUT2D eigenvalue weighted by Gasteiger charge is -2.14. The van der Waals surface area contributed by atoms with Gasteiger partial charge in [0.2, 0.25) is 0 Å². The molecule has 0 saturated heterocycles. The number of nitrogens with zero attached hydrogens (tertiary/aromatic N) is 1. The Bertz CT molecular complexity index is 839. The highest BCUT2D eigenvalue weighted by Gasteiger charge is 2.19. The van der Waals surface area contributed by atoms with Crippen LogP contribution in [0.2, 0.25) is 0 Å². The molecule has 0 unspecified atom stereocenters. The lowest BCUT2D eigenvalue weighted by molar-refractivity contribution is -0.385. The smallest absolute Gasteiger partial charge is 0.310 e. The third-order valence-corrected chi connectivity index (χ3v) is 3.63. The number of nitro benzene ring substituents is 1. The van der Waals surface area contributed by atoms with Crippen molar-refractivity contribution in [3.8, 4) is 0 Å². The Morgan fingerprint density at radius 2 is 1.80 bits per heavy atom. The molecule has 1 atom stereocenters. The molecular formula is C17H14F3NO4. The van der Waals surface area contributed by atoms with Gasteiger partial charge < -0.3 is 4.74 Å². The number of nitro groups is 1. The third-order valence-electron chi connectivity index (χ3n) is 3.63. The number of ether oxygens (including phenoxy) is 1. The summed E-state index contributed by atoms with van der Waals surface area (Å²) in [5.41, 5.74) is 0.380. The largest absolute Gasteiger partial charge is 0.458 e. The van der Waals surface area contributed by atoms with Crippen molar-refractivity contribution >= 4 is 11.7 Å². The van der Waals surface area contributed by atoms with Crippen molar-refractivity contribution < 1.29 is 27.6 Å². The van der Waals surface area contributed by atoms with E-state index in [1.54, 1.807) is 13.0 Å². The summed E-state index contributed by atoms with van der Waals surface area (Å²) in [6, 6.07) is 5.31. The zero-order valence-electron chi connectivity index (χ0n) is 13.4. The summed E-state index contributed by atoms with van der Waals surface area (Å²) in [5, 5.41) is 10.9. The van der Waals surface area contributed by atoms with Crippen molar-refractivity contribution in [1.29, 1.82) is 0 Å². The summed E-state index contributed by atoms with van der Waals surface area (Å²) < 4.78 is 44.7. The molecule has 132 valence electrons. The molecule has 0 N–H and O–H groups in total. The van der Waals surface area contributed by atoms with E-state index in [0.29, 0.717) is 23.3 Å². The van der Waals surface area contributed by atoms with E-state index in [1.807, 2.05) is 0 Å². The van der Waals surface area contributed by atoms with Crippen molar-refractivity contribution in [3.63, 3.8) is 0 Å². The molecule has 2 rings (SSSR count). The summed E-state index contributed by atoms with van der Waals surface area (Å²) in [5.74, 6) is -4.56. The summed E-state index contributed by atoms with van der Waals surface area (Å²) in [4.78, 5) is 22.3. The summed E-state index contributed by atoms with van der Waals surface area (Å²) >= 11 is 0. The number of carbonyl (C=O) groups excluding carboxylic acids is 1. The Hall–Kier alpha value is -2.90. The highest BCUT2D eigenvalue weighted by Crippen LogP contribution is 2.25. The molecule has 25 heavy (non-hydrogen) atoms. The van der Waals surface area contributed by atoms with Crippen LogP contribution in [0.3, 0.4) is 0 Å². The molecule has 0 aliphatic rings. The maximum Gasteiger partial charge on any atom is 0.310 e. The molecule has 0 heterocycles. The third kappa shape index (κ3) is 4.34. The molecule has 0 aliphatic heterocycles. The number of rotatable bonds is 5. The van der Waals surface area contributed by atoms with Gasteiger partial charge in [-0.25, -0.2) is 13.2 Å². The maximum atomic E-state index is 13.5. The van der Waals surface area contributed by atoms with Crippen LogP contribution in [-0.4, -0.2) is 10.9 Å². The van der Waals surface area contributed by atoms with Crippen molar-refractivity contribution in [1.82, 2.24) is 0 Å². The highest BCUT2D eigenvalue weighted by atomic mass is 19.2. The number of hydrogen-bond donors (Lipinski definition) is 0. The van der Waals surface area contributed by atoms with Gasteiger partial charge in [0.05, 0.1) is 11.3 Å². The molecule has 0 aromatic heterocycles. The van der Waals surface area contributed by atoms with Gasteiger partial charge in [0.1, 0.15) is 11.9 Å². The topological polar surface area (TPSA) is 69.4 Å². The van der Waals surface area contributed by atoms with Gasteiger partial charge in [-0.3, -0.25) is 14.9 Å². The van der Waals surface area contributed by atoms with Crippen LogP contribution in [0, 0.1) is 34.5 Å². The number of carbonyl (C=O) groups is 1. The predicted octanol–water partition coefficient (Wildman–Crippen LogP) is 4.17. The van der Waals surface area contributed by atoms with Crippen molar-refractivity contribution in [3.05, 3.63) is 74.6 Å². The standard InChI is InChI=1S/C17H14F3NO4/c1-9-3-4-11(6-16(9)21(23)24)10(2)25-17(22)7-12-5-14(19)15(20)8-13(12)18/h3-6,8,10H,7H2,1-2H3/t10-/m1/s1. The van der Waals surface area contributed by atoms with Crippen molar-refractivity contribution in [2.45, 2.75) is 26.4 Å². The van der Waals surface area contributed by atoms with E-state index in [9.17, 15) is 28.1 Å². The van der Waals surface area contributed by atoms with Gasteiger partial charge >= 0.3 is 5.97 Å². The van der Waals surface area contributed by atoms with Crippen LogP contribution < -0.4 is 0 Å². The Morgan fingerprint density at radius 3 is 2.44 bits per heavy atom. The lowest BCUT2D eigenvalue weighted by atomic mass is 10.1. The van der Waals surface area contributed by atoms with Crippen LogP contribution >= 0.6 is 0 Å². The fourth-order valence-electron chi connectivity index (χ4n) is 2.24. The normalized spacial score (nSPS) is 11.9. The van der Waals surface area contributed by atoms with Gasteiger partial charge in [0, 0.05) is 23.3 Å². The SMILES string of the molecule is Cc1ccc([C@@H](C)OC(=O)Cc2cc(F)c(F)cc2F)cc1[N+](=O)[O-]. The predicted molar refractivity (Wildman–Crippen MR) is 82.4 cm³/mol. The van der Waals surface area contributed by atoms with Crippen LogP contribution in [0.5, 0.6) is 0 Å².